The third-order valence-corrected chi connectivity index (χ3v) is 2.65. The molecule has 0 bridgehead atoms. The molecule has 1 unspecified atom stereocenters. The number of carbonyl (C=O) groups excluding carboxylic acids is 1. The molecule has 4 heteroatoms. The van der Waals surface area contributed by atoms with E-state index in [1.54, 1.807) is 12.1 Å². The van der Waals surface area contributed by atoms with E-state index < -0.39 is 4.92 Å². The Hall–Kier alpha value is -1.71. The van der Waals surface area contributed by atoms with Crippen LogP contribution >= 0.6 is 0 Å². The number of rotatable bonds is 6. The lowest BCUT2D eigenvalue weighted by atomic mass is 9.94. The highest BCUT2D eigenvalue weighted by molar-refractivity contribution is 5.49. The minimum atomic E-state index is -0.399. The Kier molecular flexibility index (Phi) is 4.64. The minimum Gasteiger partial charge on any atom is -0.303 e. The zero-order valence-corrected chi connectivity index (χ0v) is 9.26. The van der Waals surface area contributed by atoms with Crippen molar-refractivity contribution in [2.24, 2.45) is 5.92 Å². The Morgan fingerprint density at radius 1 is 1.50 bits per heavy atom. The average Bonchev–Trinajstić information content (AvgIpc) is 2.29. The third kappa shape index (κ3) is 3.46. The van der Waals surface area contributed by atoms with E-state index in [-0.39, 0.29) is 11.6 Å². The summed E-state index contributed by atoms with van der Waals surface area (Å²) in [6, 6.07) is 6.60. The normalized spacial score (nSPS) is 12.1. The number of carbonyl (C=O) groups is 1. The summed E-state index contributed by atoms with van der Waals surface area (Å²) in [4.78, 5) is 20.6. The summed E-state index contributed by atoms with van der Waals surface area (Å²) in [7, 11) is 0. The molecule has 86 valence electrons. The molecule has 0 aliphatic rings. The van der Waals surface area contributed by atoms with Crippen LogP contribution < -0.4 is 0 Å². The molecular weight excluding hydrogens is 206 g/mol. The molecule has 0 saturated heterocycles. The van der Waals surface area contributed by atoms with E-state index in [4.69, 9.17) is 0 Å². The van der Waals surface area contributed by atoms with Crippen molar-refractivity contribution in [1.82, 2.24) is 0 Å². The van der Waals surface area contributed by atoms with Gasteiger partial charge in [0, 0.05) is 18.6 Å². The van der Waals surface area contributed by atoms with Crippen LogP contribution in [-0.4, -0.2) is 11.2 Å². The summed E-state index contributed by atoms with van der Waals surface area (Å²) in [5.74, 6) is 0.277. The molecule has 0 amide bonds. The minimum absolute atomic E-state index is 0.110. The predicted octanol–water partition coefficient (Wildman–Crippen LogP) is 2.75. The number of benzene rings is 1. The Morgan fingerprint density at radius 2 is 2.25 bits per heavy atom. The molecular formula is C12H15NO3. The van der Waals surface area contributed by atoms with Gasteiger partial charge in [-0.25, -0.2) is 0 Å². The molecule has 0 saturated carbocycles. The molecule has 0 heterocycles. The zero-order valence-electron chi connectivity index (χ0n) is 9.26. The van der Waals surface area contributed by atoms with Crippen molar-refractivity contribution < 1.29 is 9.72 Å². The van der Waals surface area contributed by atoms with Gasteiger partial charge in [-0.1, -0.05) is 25.5 Å². The zero-order chi connectivity index (χ0) is 12.0. The van der Waals surface area contributed by atoms with Crippen molar-refractivity contribution >= 4 is 12.0 Å². The van der Waals surface area contributed by atoms with Crippen LogP contribution in [0.2, 0.25) is 0 Å². The fourth-order valence-corrected chi connectivity index (χ4v) is 1.66. The van der Waals surface area contributed by atoms with Crippen LogP contribution in [0.25, 0.3) is 0 Å². The van der Waals surface area contributed by atoms with Gasteiger partial charge >= 0.3 is 0 Å². The summed E-state index contributed by atoms with van der Waals surface area (Å²) < 4.78 is 0. The number of nitrogens with zero attached hydrogens (tertiary/aromatic N) is 1. The van der Waals surface area contributed by atoms with E-state index in [9.17, 15) is 14.9 Å². The number of aldehydes is 1. The topological polar surface area (TPSA) is 60.2 Å². The van der Waals surface area contributed by atoms with Crippen molar-refractivity contribution in [3.63, 3.8) is 0 Å². The van der Waals surface area contributed by atoms with Crippen LogP contribution in [0.5, 0.6) is 0 Å². The van der Waals surface area contributed by atoms with E-state index in [0.29, 0.717) is 6.42 Å². The SMILES string of the molecule is CCC(CC=O)Cc1cccc([N+](=O)[O-])c1. The van der Waals surface area contributed by atoms with E-state index in [1.165, 1.54) is 6.07 Å². The van der Waals surface area contributed by atoms with Crippen molar-refractivity contribution in [2.75, 3.05) is 0 Å². The number of hydrogen-bond acceptors (Lipinski definition) is 3. The van der Waals surface area contributed by atoms with E-state index in [2.05, 4.69) is 0 Å². The maximum Gasteiger partial charge on any atom is 0.269 e. The third-order valence-electron chi connectivity index (χ3n) is 2.65. The van der Waals surface area contributed by atoms with Crippen LogP contribution in [-0.2, 0) is 11.2 Å². The monoisotopic (exact) mass is 221 g/mol. The van der Waals surface area contributed by atoms with Gasteiger partial charge in [0.05, 0.1) is 4.92 Å². The predicted molar refractivity (Wildman–Crippen MR) is 61.3 cm³/mol. The van der Waals surface area contributed by atoms with Gasteiger partial charge in [-0.05, 0) is 17.9 Å². The quantitative estimate of drug-likeness (QED) is 0.421. The number of nitro benzene ring substituents is 1. The standard InChI is InChI=1S/C12H15NO3/c1-2-10(6-7-14)8-11-4-3-5-12(9-11)13(15)16/h3-5,7,9-10H,2,6,8H2,1H3. The van der Waals surface area contributed by atoms with Crippen molar-refractivity contribution in [1.29, 1.82) is 0 Å². The second-order valence-corrected chi connectivity index (χ2v) is 3.81. The first-order valence-corrected chi connectivity index (χ1v) is 5.34. The van der Waals surface area contributed by atoms with Gasteiger partial charge in [0.25, 0.3) is 5.69 Å². The highest BCUT2D eigenvalue weighted by Crippen LogP contribution is 2.19. The largest absolute Gasteiger partial charge is 0.303 e. The number of hydrogen-bond donors (Lipinski definition) is 0. The molecule has 0 aliphatic carbocycles. The number of nitro groups is 1. The van der Waals surface area contributed by atoms with Gasteiger partial charge in [-0.15, -0.1) is 0 Å². The summed E-state index contributed by atoms with van der Waals surface area (Å²) in [5.41, 5.74) is 1.03. The lowest BCUT2D eigenvalue weighted by molar-refractivity contribution is -0.384. The second kappa shape index (κ2) is 6.00. The molecule has 1 aromatic carbocycles. The Balaban J connectivity index is 2.75. The number of non-ortho nitro benzene ring substituents is 1. The maximum atomic E-state index is 10.6. The summed E-state index contributed by atoms with van der Waals surface area (Å²) >= 11 is 0. The molecule has 0 spiro atoms. The Labute approximate surface area is 94.4 Å². The molecule has 0 N–H and O–H groups in total. The molecule has 1 atom stereocenters. The molecule has 0 aromatic heterocycles. The molecule has 1 rings (SSSR count). The lowest BCUT2D eigenvalue weighted by Gasteiger charge is -2.10. The fraction of sp³-hybridized carbons (Fsp3) is 0.417. The summed E-state index contributed by atoms with van der Waals surface area (Å²) in [5, 5.41) is 10.6. The molecule has 0 fully saturated rings. The fourth-order valence-electron chi connectivity index (χ4n) is 1.66. The molecule has 16 heavy (non-hydrogen) atoms. The van der Waals surface area contributed by atoms with Gasteiger partial charge in [0.2, 0.25) is 0 Å². The van der Waals surface area contributed by atoms with Gasteiger partial charge in [0.15, 0.2) is 0 Å². The van der Waals surface area contributed by atoms with Gasteiger partial charge in [-0.3, -0.25) is 10.1 Å². The summed E-state index contributed by atoms with van der Waals surface area (Å²) in [6.07, 6.45) is 3.04. The van der Waals surface area contributed by atoms with Crippen molar-refractivity contribution in [2.45, 2.75) is 26.2 Å². The van der Waals surface area contributed by atoms with E-state index >= 15 is 0 Å². The van der Waals surface area contributed by atoms with Gasteiger partial charge < -0.3 is 4.79 Å². The summed E-state index contributed by atoms with van der Waals surface area (Å²) in [6.45, 7) is 2.02. The Morgan fingerprint density at radius 3 is 2.81 bits per heavy atom. The average molecular weight is 221 g/mol. The molecule has 4 nitrogen and oxygen atoms in total. The van der Waals surface area contributed by atoms with Crippen LogP contribution in [0.15, 0.2) is 24.3 Å². The lowest BCUT2D eigenvalue weighted by Crippen LogP contribution is -2.04. The highest BCUT2D eigenvalue weighted by atomic mass is 16.6. The molecule has 0 radical (unpaired) electrons. The first-order chi connectivity index (χ1) is 7.67. The van der Waals surface area contributed by atoms with E-state index in [1.807, 2.05) is 13.0 Å². The van der Waals surface area contributed by atoms with Crippen LogP contribution in [0.3, 0.4) is 0 Å². The van der Waals surface area contributed by atoms with Crippen molar-refractivity contribution in [3.8, 4) is 0 Å². The van der Waals surface area contributed by atoms with E-state index in [0.717, 1.165) is 24.7 Å². The molecule has 1 aromatic rings. The first-order valence-electron chi connectivity index (χ1n) is 5.34. The van der Waals surface area contributed by atoms with Crippen molar-refractivity contribution in [3.05, 3.63) is 39.9 Å². The van der Waals surface area contributed by atoms with Crippen LogP contribution in [0.4, 0.5) is 5.69 Å². The van der Waals surface area contributed by atoms with Crippen LogP contribution in [0.1, 0.15) is 25.3 Å². The first kappa shape index (κ1) is 12.4. The maximum absolute atomic E-state index is 10.6. The molecule has 0 aliphatic heterocycles. The smallest absolute Gasteiger partial charge is 0.269 e. The Bertz CT molecular complexity index is 376. The van der Waals surface area contributed by atoms with Gasteiger partial charge in [0.1, 0.15) is 6.29 Å². The van der Waals surface area contributed by atoms with Crippen LogP contribution in [0, 0.1) is 16.0 Å². The second-order valence-electron chi connectivity index (χ2n) is 3.81. The highest BCUT2D eigenvalue weighted by Gasteiger charge is 2.10. The van der Waals surface area contributed by atoms with Gasteiger partial charge in [-0.2, -0.15) is 0 Å².